The second-order valence-electron chi connectivity index (χ2n) is 7.39. The summed E-state index contributed by atoms with van der Waals surface area (Å²) in [5, 5.41) is 3.97. The molecular formula is C18H17BrFN5O4S. The zero-order chi connectivity index (χ0) is 22.1. The lowest BCUT2D eigenvalue weighted by Crippen LogP contribution is -2.32. The minimum absolute atomic E-state index is 0.0240. The van der Waals surface area contributed by atoms with Crippen LogP contribution in [-0.4, -0.2) is 33.2 Å². The fraction of sp³-hybridized carbons (Fsp3) is 0.333. The van der Waals surface area contributed by atoms with Crippen molar-refractivity contribution in [2.75, 3.05) is 11.5 Å². The molecule has 0 bridgehead atoms. The first-order chi connectivity index (χ1) is 14.1. The maximum absolute atomic E-state index is 13.7. The summed E-state index contributed by atoms with van der Waals surface area (Å²) in [5.74, 6) is 0.758. The number of anilines is 1. The molecule has 0 saturated heterocycles. The topological polar surface area (TPSA) is 120 Å². The third-order valence-electron chi connectivity index (χ3n) is 4.38. The van der Waals surface area contributed by atoms with Gasteiger partial charge in [-0.15, -0.1) is 0 Å². The summed E-state index contributed by atoms with van der Waals surface area (Å²) >= 11 is 4.06. The van der Waals surface area contributed by atoms with E-state index in [1.165, 1.54) is 23.1 Å². The normalized spacial score (nSPS) is 14.8. The number of carbonyl (C=O) groups excluding carboxylic acids is 2. The lowest BCUT2D eigenvalue weighted by molar-refractivity contribution is 0.124. The van der Waals surface area contributed by atoms with E-state index < -0.39 is 11.9 Å². The number of nitrogens with zero attached hydrogens (tertiary/aromatic N) is 4. The minimum Gasteiger partial charge on any atom is -0.449 e. The van der Waals surface area contributed by atoms with Crippen LogP contribution in [0.2, 0.25) is 0 Å². The van der Waals surface area contributed by atoms with Crippen molar-refractivity contribution < 1.29 is 23.6 Å². The molecule has 1 amide bonds. The Bertz CT molecular complexity index is 1060. The number of benzene rings is 1. The van der Waals surface area contributed by atoms with Gasteiger partial charge in [0.2, 0.25) is 5.84 Å². The van der Waals surface area contributed by atoms with Crippen molar-refractivity contribution in [1.82, 2.24) is 8.75 Å². The fourth-order valence-corrected chi connectivity index (χ4v) is 3.79. The first-order valence-electron chi connectivity index (χ1n) is 8.63. The molecule has 9 nitrogen and oxygen atoms in total. The smallest absolute Gasteiger partial charge is 0.404 e. The van der Waals surface area contributed by atoms with E-state index in [1.54, 1.807) is 5.94 Å². The molecular weight excluding hydrogens is 481 g/mol. The summed E-state index contributed by atoms with van der Waals surface area (Å²) in [5.41, 5.74) is 5.98. The Hall–Kier alpha value is -2.82. The van der Waals surface area contributed by atoms with Crippen molar-refractivity contribution in [2.24, 2.45) is 16.3 Å². The van der Waals surface area contributed by atoms with Crippen LogP contribution < -0.4 is 10.6 Å². The molecule has 158 valence electrons. The fourth-order valence-electron chi connectivity index (χ4n) is 2.83. The molecule has 0 spiro atoms. The molecule has 2 heterocycles. The molecule has 0 fully saturated rings. The van der Waals surface area contributed by atoms with E-state index in [4.69, 9.17) is 15.3 Å². The molecule has 1 atom stereocenters. The van der Waals surface area contributed by atoms with Gasteiger partial charge in [0.15, 0.2) is 5.94 Å². The van der Waals surface area contributed by atoms with Crippen LogP contribution >= 0.6 is 27.7 Å². The van der Waals surface area contributed by atoms with Crippen molar-refractivity contribution in [3.8, 4) is 0 Å². The predicted molar refractivity (Wildman–Crippen MR) is 111 cm³/mol. The van der Waals surface area contributed by atoms with E-state index in [0.29, 0.717) is 17.1 Å². The van der Waals surface area contributed by atoms with Crippen LogP contribution in [0.5, 0.6) is 0 Å². The average molecular weight is 498 g/mol. The summed E-state index contributed by atoms with van der Waals surface area (Å²) in [6.45, 7) is 5.82. The van der Waals surface area contributed by atoms with Crippen LogP contribution in [0.15, 0.2) is 33.7 Å². The SMILES string of the molecule is CC(C)(C)C(COC(N)=O)c1nsnc1C1=NOC(=C=O)N1c1ccc(F)c(Br)c1. The maximum atomic E-state index is 13.7. The van der Waals surface area contributed by atoms with Crippen LogP contribution in [0.1, 0.15) is 38.1 Å². The van der Waals surface area contributed by atoms with Gasteiger partial charge in [-0.05, 0) is 39.5 Å². The molecule has 0 aliphatic carbocycles. The third-order valence-corrected chi connectivity index (χ3v) is 5.53. The van der Waals surface area contributed by atoms with Gasteiger partial charge in [0.25, 0.3) is 0 Å². The molecule has 1 unspecified atom stereocenters. The van der Waals surface area contributed by atoms with Crippen LogP contribution in [0.4, 0.5) is 14.9 Å². The van der Waals surface area contributed by atoms with E-state index in [0.717, 1.165) is 11.7 Å². The Labute approximate surface area is 183 Å². The number of rotatable bonds is 5. The van der Waals surface area contributed by atoms with E-state index in [2.05, 4.69) is 29.8 Å². The Morgan fingerprint density at radius 3 is 2.77 bits per heavy atom. The number of hydrogen-bond donors (Lipinski definition) is 1. The van der Waals surface area contributed by atoms with Crippen molar-refractivity contribution >= 4 is 51.2 Å². The monoisotopic (exact) mass is 497 g/mol. The van der Waals surface area contributed by atoms with E-state index in [9.17, 15) is 14.0 Å². The number of oxime groups is 1. The Kier molecular flexibility index (Phi) is 6.20. The highest BCUT2D eigenvalue weighted by Gasteiger charge is 2.38. The number of amides is 1. The summed E-state index contributed by atoms with van der Waals surface area (Å²) in [6, 6.07) is 4.16. The third kappa shape index (κ3) is 4.35. The number of hydrogen-bond acceptors (Lipinski definition) is 9. The van der Waals surface area contributed by atoms with Gasteiger partial charge in [-0.2, -0.15) is 8.75 Å². The van der Waals surface area contributed by atoms with E-state index >= 15 is 0 Å². The van der Waals surface area contributed by atoms with Crippen LogP contribution in [0.3, 0.4) is 0 Å². The minimum atomic E-state index is -0.903. The van der Waals surface area contributed by atoms with Gasteiger partial charge in [-0.25, -0.2) is 18.9 Å². The van der Waals surface area contributed by atoms with Gasteiger partial charge >= 0.3 is 12.0 Å². The van der Waals surface area contributed by atoms with Crippen LogP contribution in [0.25, 0.3) is 0 Å². The zero-order valence-corrected chi connectivity index (χ0v) is 18.6. The Morgan fingerprint density at radius 1 is 1.43 bits per heavy atom. The molecule has 1 aromatic carbocycles. The predicted octanol–water partition coefficient (Wildman–Crippen LogP) is 3.54. The summed E-state index contributed by atoms with van der Waals surface area (Å²) in [4.78, 5) is 29.1. The zero-order valence-electron chi connectivity index (χ0n) is 16.2. The lowest BCUT2D eigenvalue weighted by atomic mass is 9.78. The number of halogens is 2. The Balaban J connectivity index is 2.07. The summed E-state index contributed by atoms with van der Waals surface area (Å²) in [7, 11) is 0. The van der Waals surface area contributed by atoms with E-state index in [1.807, 2.05) is 20.8 Å². The van der Waals surface area contributed by atoms with Crippen molar-refractivity contribution in [3.63, 3.8) is 0 Å². The number of primary amides is 1. The number of ether oxygens (including phenoxy) is 1. The summed E-state index contributed by atoms with van der Waals surface area (Å²) < 4.78 is 27.6. The second kappa shape index (κ2) is 8.50. The molecule has 1 aliphatic heterocycles. The highest BCUT2D eigenvalue weighted by atomic mass is 79.9. The van der Waals surface area contributed by atoms with Gasteiger partial charge in [-0.1, -0.05) is 25.9 Å². The van der Waals surface area contributed by atoms with Crippen molar-refractivity contribution in [2.45, 2.75) is 26.7 Å². The molecule has 3 rings (SSSR count). The highest BCUT2D eigenvalue weighted by molar-refractivity contribution is 9.10. The van der Waals surface area contributed by atoms with Gasteiger partial charge < -0.3 is 15.3 Å². The van der Waals surface area contributed by atoms with Gasteiger partial charge in [0.1, 0.15) is 18.1 Å². The highest BCUT2D eigenvalue weighted by Crippen LogP contribution is 2.38. The molecule has 0 radical (unpaired) electrons. The standard InChI is InChI=1S/C18H17BrFN5O4S/c1-18(2,3)10(8-28-17(21)27)14-15(24-30-23-14)16-22-29-13(7-26)25(16)9-4-5-12(20)11(19)6-9/h4-6,10H,8H2,1-3H3,(H2,21,27). The van der Waals surface area contributed by atoms with Crippen LogP contribution in [0, 0.1) is 11.2 Å². The average Bonchev–Trinajstić information content (AvgIpc) is 3.29. The molecule has 0 saturated carbocycles. The number of aromatic nitrogens is 2. The molecule has 2 N–H and O–H groups in total. The van der Waals surface area contributed by atoms with Crippen molar-refractivity contribution in [3.05, 3.63) is 45.8 Å². The number of nitrogens with two attached hydrogens (primary N) is 1. The molecule has 12 heteroatoms. The lowest BCUT2D eigenvalue weighted by Gasteiger charge is -2.29. The quantitative estimate of drug-likeness (QED) is 0.627. The van der Waals surface area contributed by atoms with Crippen LogP contribution in [-0.2, 0) is 14.4 Å². The number of carbonyl (C=O) groups is 1. The summed E-state index contributed by atoms with van der Waals surface area (Å²) in [6.07, 6.45) is -0.903. The largest absolute Gasteiger partial charge is 0.449 e. The molecule has 1 aliphatic rings. The van der Waals surface area contributed by atoms with Crippen molar-refractivity contribution in [1.29, 1.82) is 0 Å². The molecule has 2 aromatic rings. The number of amidine groups is 1. The first kappa shape index (κ1) is 21.9. The van der Waals surface area contributed by atoms with Gasteiger partial charge in [-0.3, -0.25) is 0 Å². The Morgan fingerprint density at radius 2 is 2.17 bits per heavy atom. The first-order valence-corrected chi connectivity index (χ1v) is 10.2. The van der Waals surface area contributed by atoms with Gasteiger partial charge in [0.05, 0.1) is 27.6 Å². The second-order valence-corrected chi connectivity index (χ2v) is 8.78. The van der Waals surface area contributed by atoms with Gasteiger partial charge in [0, 0.05) is 5.92 Å². The maximum Gasteiger partial charge on any atom is 0.404 e. The van der Waals surface area contributed by atoms with E-state index in [-0.39, 0.29) is 34.1 Å². The molecule has 30 heavy (non-hydrogen) atoms. The molecule has 1 aromatic heterocycles.